The van der Waals surface area contributed by atoms with Gasteiger partial charge in [0.25, 0.3) is 0 Å². The Morgan fingerprint density at radius 2 is 1.79 bits per heavy atom. The molecule has 1 aromatic heterocycles. The van der Waals surface area contributed by atoms with Gasteiger partial charge < -0.3 is 5.11 Å². The Hall–Kier alpha value is -1.41. The predicted molar refractivity (Wildman–Crippen MR) is 77.8 cm³/mol. The number of benzene rings is 1. The van der Waals surface area contributed by atoms with Crippen LogP contribution in [0.15, 0.2) is 36.4 Å². The van der Waals surface area contributed by atoms with Gasteiger partial charge in [0.1, 0.15) is 0 Å². The summed E-state index contributed by atoms with van der Waals surface area (Å²) >= 11 is 0. The van der Waals surface area contributed by atoms with Crippen molar-refractivity contribution in [2.45, 2.75) is 38.7 Å². The third-order valence-corrected chi connectivity index (χ3v) is 4.43. The number of aromatic nitrogens is 1. The maximum Gasteiger partial charge on any atom is 0.0988 e. The molecule has 2 heteroatoms. The van der Waals surface area contributed by atoms with Crippen molar-refractivity contribution in [1.82, 2.24) is 4.98 Å². The average Bonchev–Trinajstić information content (AvgIpc) is 2.47. The van der Waals surface area contributed by atoms with E-state index in [2.05, 4.69) is 24.0 Å². The first-order valence-corrected chi connectivity index (χ1v) is 7.28. The van der Waals surface area contributed by atoms with Crippen molar-refractivity contribution in [1.29, 1.82) is 0 Å². The van der Waals surface area contributed by atoms with Gasteiger partial charge in [0.05, 0.1) is 17.3 Å². The van der Waals surface area contributed by atoms with E-state index in [0.29, 0.717) is 5.92 Å². The summed E-state index contributed by atoms with van der Waals surface area (Å²) < 4.78 is 0. The summed E-state index contributed by atoms with van der Waals surface area (Å²) in [6, 6.07) is 12.1. The van der Waals surface area contributed by atoms with Gasteiger partial charge in [-0.3, -0.25) is 4.98 Å². The van der Waals surface area contributed by atoms with E-state index in [0.717, 1.165) is 35.4 Å². The maximum absolute atomic E-state index is 10.5. The number of nitrogens with zero attached hydrogens (tertiary/aromatic N) is 1. The van der Waals surface area contributed by atoms with Crippen molar-refractivity contribution < 1.29 is 5.11 Å². The van der Waals surface area contributed by atoms with Crippen LogP contribution in [0.3, 0.4) is 0 Å². The molecular formula is C17H21NO. The van der Waals surface area contributed by atoms with Gasteiger partial charge in [-0.2, -0.15) is 0 Å². The van der Waals surface area contributed by atoms with E-state index < -0.39 is 6.10 Å². The zero-order valence-corrected chi connectivity index (χ0v) is 11.4. The molecule has 0 saturated heterocycles. The third kappa shape index (κ3) is 2.64. The Morgan fingerprint density at radius 1 is 1.05 bits per heavy atom. The van der Waals surface area contributed by atoms with Crippen LogP contribution in [0, 0.1) is 11.8 Å². The lowest BCUT2D eigenvalue weighted by Gasteiger charge is -2.29. The lowest BCUT2D eigenvalue weighted by atomic mass is 9.79. The Morgan fingerprint density at radius 3 is 2.58 bits per heavy atom. The Labute approximate surface area is 114 Å². The Bertz CT molecular complexity index is 558. The molecule has 19 heavy (non-hydrogen) atoms. The second-order valence-corrected chi connectivity index (χ2v) is 5.89. The predicted octanol–water partition coefficient (Wildman–Crippen LogP) is 4.09. The summed E-state index contributed by atoms with van der Waals surface area (Å²) in [4.78, 5) is 4.62. The molecular weight excluding hydrogens is 234 g/mol. The van der Waals surface area contributed by atoms with E-state index in [-0.39, 0.29) is 0 Å². The number of hydrogen-bond acceptors (Lipinski definition) is 2. The summed E-state index contributed by atoms with van der Waals surface area (Å²) in [6.45, 7) is 2.30. The number of para-hydroxylation sites is 1. The molecule has 1 aliphatic carbocycles. The average molecular weight is 255 g/mol. The van der Waals surface area contributed by atoms with Crippen LogP contribution in [-0.2, 0) is 0 Å². The van der Waals surface area contributed by atoms with Gasteiger partial charge in [-0.25, -0.2) is 0 Å². The van der Waals surface area contributed by atoms with Gasteiger partial charge in [-0.1, -0.05) is 44.0 Å². The molecule has 0 bridgehead atoms. The monoisotopic (exact) mass is 255 g/mol. The number of hydrogen-bond donors (Lipinski definition) is 1. The van der Waals surface area contributed by atoms with Crippen molar-refractivity contribution in [2.75, 3.05) is 0 Å². The normalized spacial score (nSPS) is 25.4. The fraction of sp³-hybridized carbons (Fsp3) is 0.471. The summed E-state index contributed by atoms with van der Waals surface area (Å²) in [7, 11) is 0. The number of pyridine rings is 1. The molecule has 0 amide bonds. The summed E-state index contributed by atoms with van der Waals surface area (Å²) in [5, 5.41) is 11.7. The van der Waals surface area contributed by atoms with Gasteiger partial charge in [-0.05, 0) is 36.8 Å². The van der Waals surface area contributed by atoms with Crippen LogP contribution in [0.1, 0.15) is 44.4 Å². The second kappa shape index (κ2) is 5.30. The van der Waals surface area contributed by atoms with E-state index in [1.54, 1.807) is 0 Å². The van der Waals surface area contributed by atoms with Crippen LogP contribution in [0.5, 0.6) is 0 Å². The lowest BCUT2D eigenvalue weighted by Crippen LogP contribution is -2.20. The standard InChI is InChI=1S/C17H21NO/c1-12-6-8-14(9-7-12)17(19)16-11-10-13-4-2-3-5-15(13)18-16/h2-5,10-12,14,17,19H,6-9H2,1H3. The fourth-order valence-corrected chi connectivity index (χ4v) is 3.09. The van der Waals surface area contributed by atoms with Crippen molar-refractivity contribution in [3.8, 4) is 0 Å². The van der Waals surface area contributed by atoms with Crippen LogP contribution in [0.2, 0.25) is 0 Å². The minimum absolute atomic E-state index is 0.380. The Balaban J connectivity index is 1.83. The molecule has 0 aliphatic heterocycles. The lowest BCUT2D eigenvalue weighted by molar-refractivity contribution is 0.0724. The van der Waals surface area contributed by atoms with Crippen molar-refractivity contribution >= 4 is 10.9 Å². The highest BCUT2D eigenvalue weighted by molar-refractivity contribution is 5.78. The maximum atomic E-state index is 10.5. The molecule has 1 unspecified atom stereocenters. The molecule has 0 radical (unpaired) electrons. The van der Waals surface area contributed by atoms with E-state index in [1.807, 2.05) is 24.3 Å². The molecule has 1 saturated carbocycles. The molecule has 1 aromatic carbocycles. The Kier molecular flexibility index (Phi) is 3.52. The van der Waals surface area contributed by atoms with Crippen LogP contribution in [0.4, 0.5) is 0 Å². The first-order valence-electron chi connectivity index (χ1n) is 7.28. The summed E-state index contributed by atoms with van der Waals surface area (Å²) in [5.74, 6) is 1.19. The topological polar surface area (TPSA) is 33.1 Å². The first-order chi connectivity index (χ1) is 9.24. The fourth-order valence-electron chi connectivity index (χ4n) is 3.09. The van der Waals surface area contributed by atoms with Gasteiger partial charge in [0.2, 0.25) is 0 Å². The van der Waals surface area contributed by atoms with Gasteiger partial charge in [0.15, 0.2) is 0 Å². The molecule has 3 rings (SSSR count). The molecule has 2 aromatic rings. The molecule has 100 valence electrons. The van der Waals surface area contributed by atoms with E-state index in [4.69, 9.17) is 0 Å². The minimum atomic E-state index is -0.405. The van der Waals surface area contributed by atoms with Crippen LogP contribution >= 0.6 is 0 Å². The summed E-state index contributed by atoms with van der Waals surface area (Å²) in [6.07, 6.45) is 4.30. The zero-order valence-electron chi connectivity index (χ0n) is 11.4. The molecule has 1 atom stereocenters. The van der Waals surface area contributed by atoms with Gasteiger partial charge >= 0.3 is 0 Å². The van der Waals surface area contributed by atoms with Crippen LogP contribution in [-0.4, -0.2) is 10.1 Å². The first kappa shape index (κ1) is 12.6. The highest BCUT2D eigenvalue weighted by Crippen LogP contribution is 2.36. The number of aliphatic hydroxyl groups excluding tert-OH is 1. The molecule has 0 spiro atoms. The highest BCUT2D eigenvalue weighted by atomic mass is 16.3. The quantitative estimate of drug-likeness (QED) is 0.876. The second-order valence-electron chi connectivity index (χ2n) is 5.89. The van der Waals surface area contributed by atoms with Crippen molar-refractivity contribution in [3.05, 3.63) is 42.1 Å². The van der Waals surface area contributed by atoms with E-state index in [9.17, 15) is 5.11 Å². The van der Waals surface area contributed by atoms with Crippen molar-refractivity contribution in [3.63, 3.8) is 0 Å². The number of aliphatic hydroxyl groups is 1. The molecule has 1 N–H and O–H groups in total. The largest absolute Gasteiger partial charge is 0.387 e. The number of fused-ring (bicyclic) bond motifs is 1. The van der Waals surface area contributed by atoms with Crippen molar-refractivity contribution in [2.24, 2.45) is 11.8 Å². The zero-order chi connectivity index (χ0) is 13.2. The third-order valence-electron chi connectivity index (χ3n) is 4.43. The molecule has 1 aliphatic rings. The molecule has 2 nitrogen and oxygen atoms in total. The SMILES string of the molecule is CC1CCC(C(O)c2ccc3ccccc3n2)CC1. The van der Waals surface area contributed by atoms with E-state index >= 15 is 0 Å². The molecule has 1 heterocycles. The van der Waals surface area contributed by atoms with E-state index in [1.165, 1.54) is 12.8 Å². The van der Waals surface area contributed by atoms with Crippen LogP contribution < -0.4 is 0 Å². The summed E-state index contributed by atoms with van der Waals surface area (Å²) in [5.41, 5.74) is 1.81. The van der Waals surface area contributed by atoms with Gasteiger partial charge in [0, 0.05) is 5.39 Å². The number of rotatable bonds is 2. The minimum Gasteiger partial charge on any atom is -0.387 e. The smallest absolute Gasteiger partial charge is 0.0988 e. The van der Waals surface area contributed by atoms with Gasteiger partial charge in [-0.15, -0.1) is 0 Å². The van der Waals surface area contributed by atoms with Crippen LogP contribution in [0.25, 0.3) is 10.9 Å². The highest BCUT2D eigenvalue weighted by Gasteiger charge is 2.26. The molecule has 1 fully saturated rings.